The van der Waals surface area contributed by atoms with Crippen LogP contribution in [0.1, 0.15) is 23.7 Å². The minimum atomic E-state index is -1.17. The first-order chi connectivity index (χ1) is 10.5. The number of methoxy groups -OCH3 is 2. The summed E-state index contributed by atoms with van der Waals surface area (Å²) in [5, 5.41) is 11.5. The number of carboxylic acids is 1. The topological polar surface area (TPSA) is 94.1 Å². The minimum Gasteiger partial charge on any atom is -0.497 e. The Balaban J connectivity index is 2.97. The third kappa shape index (κ3) is 4.92. The second-order valence-electron chi connectivity index (χ2n) is 4.53. The molecule has 1 rings (SSSR count). The fourth-order valence-electron chi connectivity index (χ4n) is 1.73. The van der Waals surface area contributed by atoms with E-state index in [1.807, 2.05) is 6.92 Å². The summed E-state index contributed by atoms with van der Waals surface area (Å²) in [4.78, 5) is 23.3. The van der Waals surface area contributed by atoms with Crippen LogP contribution >= 0.6 is 0 Å². The smallest absolute Gasteiger partial charge is 0.328 e. The summed E-state index contributed by atoms with van der Waals surface area (Å²) in [6.07, 6.45) is 0.777. The van der Waals surface area contributed by atoms with E-state index in [-0.39, 0.29) is 12.2 Å². The summed E-state index contributed by atoms with van der Waals surface area (Å²) in [6, 6.07) is 3.61. The highest BCUT2D eigenvalue weighted by Crippen LogP contribution is 2.25. The average Bonchev–Trinajstić information content (AvgIpc) is 2.51. The first-order valence-corrected chi connectivity index (χ1v) is 6.86. The molecule has 0 aliphatic heterocycles. The fourth-order valence-corrected chi connectivity index (χ4v) is 1.73. The molecule has 0 spiro atoms. The molecule has 7 nitrogen and oxygen atoms in total. The van der Waals surface area contributed by atoms with Crippen LogP contribution in [0, 0.1) is 0 Å². The molecule has 22 heavy (non-hydrogen) atoms. The number of benzene rings is 1. The van der Waals surface area contributed by atoms with Crippen LogP contribution in [-0.4, -0.2) is 50.5 Å². The van der Waals surface area contributed by atoms with Crippen molar-refractivity contribution in [2.24, 2.45) is 0 Å². The van der Waals surface area contributed by atoms with E-state index >= 15 is 0 Å². The van der Waals surface area contributed by atoms with Crippen LogP contribution in [0.2, 0.25) is 0 Å². The van der Waals surface area contributed by atoms with Crippen molar-refractivity contribution in [2.45, 2.75) is 19.4 Å². The van der Waals surface area contributed by atoms with Gasteiger partial charge in [0.25, 0.3) is 5.91 Å². The summed E-state index contributed by atoms with van der Waals surface area (Å²) in [7, 11) is 2.88. The van der Waals surface area contributed by atoms with Crippen LogP contribution < -0.4 is 14.8 Å². The number of hydrogen-bond acceptors (Lipinski definition) is 5. The van der Waals surface area contributed by atoms with Crippen LogP contribution in [0.15, 0.2) is 18.2 Å². The molecule has 0 saturated carbocycles. The van der Waals surface area contributed by atoms with Gasteiger partial charge in [-0.15, -0.1) is 0 Å². The third-order valence-electron chi connectivity index (χ3n) is 2.83. The molecule has 1 aromatic rings. The molecule has 0 aromatic heterocycles. The highest BCUT2D eigenvalue weighted by molar-refractivity contribution is 5.99. The fraction of sp³-hybridized carbons (Fsp3) is 0.467. The Morgan fingerprint density at radius 2 is 2.05 bits per heavy atom. The predicted molar refractivity (Wildman–Crippen MR) is 79.5 cm³/mol. The molecule has 7 heteroatoms. The summed E-state index contributed by atoms with van der Waals surface area (Å²) >= 11 is 0. The Kier molecular flexibility index (Phi) is 7.18. The zero-order chi connectivity index (χ0) is 16.5. The van der Waals surface area contributed by atoms with Gasteiger partial charge in [0.15, 0.2) is 6.04 Å². The third-order valence-corrected chi connectivity index (χ3v) is 2.83. The van der Waals surface area contributed by atoms with E-state index in [0.29, 0.717) is 18.1 Å². The Labute approximate surface area is 129 Å². The number of carboxylic acid groups (broad SMARTS) is 1. The number of carbonyl (C=O) groups is 2. The zero-order valence-corrected chi connectivity index (χ0v) is 12.9. The number of hydrogen-bond donors (Lipinski definition) is 2. The number of carbonyl (C=O) groups excluding carboxylic acids is 1. The van der Waals surface area contributed by atoms with Crippen molar-refractivity contribution in [1.29, 1.82) is 0 Å². The van der Waals surface area contributed by atoms with Gasteiger partial charge in [0.05, 0.1) is 25.9 Å². The minimum absolute atomic E-state index is 0.123. The Morgan fingerprint density at radius 1 is 1.32 bits per heavy atom. The lowest BCUT2D eigenvalue weighted by Gasteiger charge is -2.16. The van der Waals surface area contributed by atoms with E-state index in [0.717, 1.165) is 6.42 Å². The van der Waals surface area contributed by atoms with Gasteiger partial charge in [-0.1, -0.05) is 6.92 Å². The molecule has 122 valence electrons. The van der Waals surface area contributed by atoms with E-state index in [9.17, 15) is 9.59 Å². The van der Waals surface area contributed by atoms with Gasteiger partial charge in [-0.2, -0.15) is 0 Å². The summed E-state index contributed by atoms with van der Waals surface area (Å²) in [5.41, 5.74) is 0.247. The van der Waals surface area contributed by atoms with Gasteiger partial charge >= 0.3 is 5.97 Å². The van der Waals surface area contributed by atoms with Gasteiger partial charge in [0.1, 0.15) is 11.5 Å². The van der Waals surface area contributed by atoms with Gasteiger partial charge in [-0.3, -0.25) is 4.79 Å². The molecule has 0 radical (unpaired) electrons. The van der Waals surface area contributed by atoms with Crippen LogP contribution in [0.3, 0.4) is 0 Å². The van der Waals surface area contributed by atoms with Crippen molar-refractivity contribution in [1.82, 2.24) is 5.32 Å². The van der Waals surface area contributed by atoms with E-state index in [1.165, 1.54) is 20.3 Å². The molecule has 1 unspecified atom stereocenters. The predicted octanol–water partition coefficient (Wildman–Crippen LogP) is 1.31. The van der Waals surface area contributed by atoms with E-state index in [1.54, 1.807) is 12.1 Å². The van der Waals surface area contributed by atoms with Gasteiger partial charge in [0, 0.05) is 13.2 Å². The average molecular weight is 311 g/mol. The van der Waals surface area contributed by atoms with Crippen LogP contribution in [0.4, 0.5) is 0 Å². The Hall–Kier alpha value is -2.28. The molecule has 0 fully saturated rings. The van der Waals surface area contributed by atoms with Gasteiger partial charge in [-0.25, -0.2) is 4.79 Å². The molecule has 0 heterocycles. The van der Waals surface area contributed by atoms with Crippen molar-refractivity contribution < 1.29 is 28.9 Å². The summed E-state index contributed by atoms with van der Waals surface area (Å²) in [6.45, 7) is 2.26. The lowest BCUT2D eigenvalue weighted by molar-refractivity contribution is -0.140. The van der Waals surface area contributed by atoms with Crippen molar-refractivity contribution in [3.05, 3.63) is 23.8 Å². The molecule has 0 aliphatic carbocycles. The number of nitrogens with one attached hydrogen (secondary N) is 1. The Morgan fingerprint density at radius 3 is 2.59 bits per heavy atom. The monoisotopic (exact) mass is 311 g/mol. The van der Waals surface area contributed by atoms with Crippen LogP contribution in [0.25, 0.3) is 0 Å². The molecular formula is C15H21NO6. The molecule has 1 amide bonds. The van der Waals surface area contributed by atoms with Crippen molar-refractivity contribution >= 4 is 11.9 Å². The number of aliphatic carboxylic acids is 1. The van der Waals surface area contributed by atoms with E-state index in [2.05, 4.69) is 5.32 Å². The van der Waals surface area contributed by atoms with Crippen molar-refractivity contribution in [2.75, 3.05) is 27.4 Å². The van der Waals surface area contributed by atoms with Gasteiger partial charge < -0.3 is 24.6 Å². The first kappa shape index (κ1) is 17.8. The molecule has 0 bridgehead atoms. The van der Waals surface area contributed by atoms with Gasteiger partial charge in [-0.05, 0) is 18.6 Å². The molecule has 1 aromatic carbocycles. The lowest BCUT2D eigenvalue weighted by Crippen LogP contribution is -2.43. The molecule has 0 saturated heterocycles. The standard InChI is InChI=1S/C15H21NO6/c1-4-7-22-13-8-10(21-3)5-6-11(13)14(17)16-12(9-20-2)15(18)19/h5-6,8,12H,4,7,9H2,1-3H3,(H,16,17)(H,18,19). The maximum atomic E-state index is 12.3. The number of ether oxygens (including phenoxy) is 3. The van der Waals surface area contributed by atoms with E-state index in [4.69, 9.17) is 19.3 Å². The second-order valence-corrected chi connectivity index (χ2v) is 4.53. The lowest BCUT2D eigenvalue weighted by atomic mass is 10.1. The number of amides is 1. The molecule has 2 N–H and O–H groups in total. The second kappa shape index (κ2) is 8.89. The van der Waals surface area contributed by atoms with E-state index < -0.39 is 17.9 Å². The highest BCUT2D eigenvalue weighted by Gasteiger charge is 2.22. The molecule has 0 aliphatic rings. The largest absolute Gasteiger partial charge is 0.497 e. The zero-order valence-electron chi connectivity index (χ0n) is 12.9. The Bertz CT molecular complexity index is 517. The van der Waals surface area contributed by atoms with Crippen LogP contribution in [0.5, 0.6) is 11.5 Å². The summed E-state index contributed by atoms with van der Waals surface area (Å²) < 4.78 is 15.4. The van der Waals surface area contributed by atoms with Crippen molar-refractivity contribution in [3.63, 3.8) is 0 Å². The van der Waals surface area contributed by atoms with Crippen LogP contribution in [-0.2, 0) is 9.53 Å². The van der Waals surface area contributed by atoms with Crippen molar-refractivity contribution in [3.8, 4) is 11.5 Å². The maximum Gasteiger partial charge on any atom is 0.328 e. The SMILES string of the molecule is CCCOc1cc(OC)ccc1C(=O)NC(COC)C(=O)O. The quantitative estimate of drug-likeness (QED) is 0.714. The number of rotatable bonds is 9. The van der Waals surface area contributed by atoms with Gasteiger partial charge in [0.2, 0.25) is 0 Å². The highest BCUT2D eigenvalue weighted by atomic mass is 16.5. The molecule has 1 atom stereocenters. The molecular weight excluding hydrogens is 290 g/mol. The first-order valence-electron chi connectivity index (χ1n) is 6.86. The normalized spacial score (nSPS) is 11.6. The summed E-state index contributed by atoms with van der Waals surface area (Å²) in [5.74, 6) is -0.812. The maximum absolute atomic E-state index is 12.3.